The zero-order valence-electron chi connectivity index (χ0n) is 14.2. The van der Waals surface area contributed by atoms with Crippen molar-refractivity contribution in [2.24, 2.45) is 0 Å². The highest BCUT2D eigenvalue weighted by Crippen LogP contribution is 2.24. The van der Waals surface area contributed by atoms with Crippen LogP contribution in [0, 0.1) is 0 Å². The van der Waals surface area contributed by atoms with Gasteiger partial charge in [0.25, 0.3) is 0 Å². The van der Waals surface area contributed by atoms with Crippen molar-refractivity contribution >= 4 is 21.6 Å². The molecule has 0 fully saturated rings. The summed E-state index contributed by atoms with van der Waals surface area (Å²) in [6.45, 7) is 0.233. The Labute approximate surface area is 158 Å². The Morgan fingerprint density at radius 3 is 2.23 bits per heavy atom. The molecule has 0 saturated heterocycles. The predicted octanol–water partition coefficient (Wildman–Crippen LogP) is 4.95. The number of nitrogens with zero attached hydrogens (tertiary/aromatic N) is 1. The Bertz CT molecular complexity index is 973. The molecule has 0 heterocycles. The first-order valence-electron chi connectivity index (χ1n) is 7.99. The van der Waals surface area contributed by atoms with Gasteiger partial charge in [-0.3, -0.25) is 0 Å². The van der Waals surface area contributed by atoms with Gasteiger partial charge in [-0.2, -0.15) is 4.31 Å². The van der Waals surface area contributed by atoms with Crippen LogP contribution in [-0.2, 0) is 16.6 Å². The molecule has 0 amide bonds. The molecule has 0 radical (unpaired) electrons. The van der Waals surface area contributed by atoms with Crippen molar-refractivity contribution in [3.63, 3.8) is 0 Å². The summed E-state index contributed by atoms with van der Waals surface area (Å²) in [6.07, 6.45) is 0. The Balaban J connectivity index is 1.76. The van der Waals surface area contributed by atoms with Gasteiger partial charge in [0.05, 0.1) is 4.90 Å². The van der Waals surface area contributed by atoms with Crippen LogP contribution in [0.4, 0.5) is 0 Å². The van der Waals surface area contributed by atoms with E-state index in [1.165, 1.54) is 16.4 Å². The van der Waals surface area contributed by atoms with E-state index in [2.05, 4.69) is 0 Å². The maximum Gasteiger partial charge on any atom is 0.243 e. The molecule has 0 aliphatic rings. The summed E-state index contributed by atoms with van der Waals surface area (Å²) in [5.74, 6) is 1.39. The maximum absolute atomic E-state index is 12.7. The standard InChI is InChI=1S/C20H18ClNO3S/c1-22(26(23,24)20-12-10-17(21)11-13-20)15-16-6-5-9-19(14-16)25-18-7-3-2-4-8-18/h2-14H,15H2,1H3. The smallest absolute Gasteiger partial charge is 0.243 e. The SMILES string of the molecule is CN(Cc1cccc(Oc2ccccc2)c1)S(=O)(=O)c1ccc(Cl)cc1. The summed E-state index contributed by atoms with van der Waals surface area (Å²) < 4.78 is 32.5. The highest BCUT2D eigenvalue weighted by molar-refractivity contribution is 7.89. The second-order valence-corrected chi connectivity index (χ2v) is 8.26. The second-order valence-electron chi connectivity index (χ2n) is 5.78. The third kappa shape index (κ3) is 4.43. The summed E-state index contributed by atoms with van der Waals surface area (Å²) in [4.78, 5) is 0.209. The van der Waals surface area contributed by atoms with E-state index in [-0.39, 0.29) is 11.4 Å². The lowest BCUT2D eigenvalue weighted by Crippen LogP contribution is -2.26. The fourth-order valence-electron chi connectivity index (χ4n) is 2.46. The molecule has 0 atom stereocenters. The molecule has 4 nitrogen and oxygen atoms in total. The van der Waals surface area contributed by atoms with Crippen LogP contribution in [0.15, 0.2) is 83.8 Å². The topological polar surface area (TPSA) is 46.6 Å². The van der Waals surface area contributed by atoms with Crippen molar-refractivity contribution in [3.8, 4) is 11.5 Å². The summed E-state index contributed by atoms with van der Waals surface area (Å²) in [5.41, 5.74) is 0.832. The maximum atomic E-state index is 12.7. The van der Waals surface area contributed by atoms with Crippen LogP contribution in [0.1, 0.15) is 5.56 Å². The third-order valence-corrected chi connectivity index (χ3v) is 5.87. The van der Waals surface area contributed by atoms with E-state index >= 15 is 0 Å². The lowest BCUT2D eigenvalue weighted by Gasteiger charge is -2.18. The lowest BCUT2D eigenvalue weighted by atomic mass is 10.2. The van der Waals surface area contributed by atoms with Gasteiger partial charge in [-0.05, 0) is 54.1 Å². The zero-order valence-corrected chi connectivity index (χ0v) is 15.7. The van der Waals surface area contributed by atoms with Crippen molar-refractivity contribution in [3.05, 3.63) is 89.4 Å². The van der Waals surface area contributed by atoms with Crippen molar-refractivity contribution in [2.45, 2.75) is 11.4 Å². The third-order valence-electron chi connectivity index (χ3n) is 3.80. The Kier molecular flexibility index (Phi) is 5.61. The molecule has 3 aromatic carbocycles. The Morgan fingerprint density at radius 1 is 0.885 bits per heavy atom. The molecule has 0 N–H and O–H groups in total. The molecular weight excluding hydrogens is 370 g/mol. The molecule has 6 heteroatoms. The van der Waals surface area contributed by atoms with Crippen LogP contribution < -0.4 is 4.74 Å². The molecule has 0 bridgehead atoms. The molecule has 0 aliphatic heterocycles. The minimum atomic E-state index is -3.59. The predicted molar refractivity (Wildman–Crippen MR) is 103 cm³/mol. The molecule has 134 valence electrons. The number of hydrogen-bond donors (Lipinski definition) is 0. The van der Waals surface area contributed by atoms with Crippen molar-refractivity contribution in [1.82, 2.24) is 4.31 Å². The highest BCUT2D eigenvalue weighted by atomic mass is 35.5. The van der Waals surface area contributed by atoms with E-state index in [1.807, 2.05) is 54.6 Å². The minimum Gasteiger partial charge on any atom is -0.457 e. The molecule has 3 aromatic rings. The average molecular weight is 388 g/mol. The van der Waals surface area contributed by atoms with Crippen molar-refractivity contribution < 1.29 is 13.2 Å². The van der Waals surface area contributed by atoms with Crippen molar-refractivity contribution in [1.29, 1.82) is 0 Å². The van der Waals surface area contributed by atoms with Crippen LogP contribution in [0.3, 0.4) is 0 Å². The first-order chi connectivity index (χ1) is 12.4. The van der Waals surface area contributed by atoms with Gasteiger partial charge in [0, 0.05) is 18.6 Å². The van der Waals surface area contributed by atoms with E-state index in [9.17, 15) is 8.42 Å². The summed E-state index contributed by atoms with van der Waals surface area (Å²) >= 11 is 5.83. The van der Waals surface area contributed by atoms with Gasteiger partial charge in [-0.1, -0.05) is 41.9 Å². The fraction of sp³-hybridized carbons (Fsp3) is 0.100. The van der Waals surface area contributed by atoms with Crippen molar-refractivity contribution in [2.75, 3.05) is 7.05 Å². The van der Waals surface area contributed by atoms with Crippen LogP contribution in [0.25, 0.3) is 0 Å². The number of hydrogen-bond acceptors (Lipinski definition) is 3. The monoisotopic (exact) mass is 387 g/mol. The number of rotatable bonds is 6. The van der Waals surface area contributed by atoms with Crippen LogP contribution >= 0.6 is 11.6 Å². The highest BCUT2D eigenvalue weighted by Gasteiger charge is 2.20. The number of benzene rings is 3. The van der Waals surface area contributed by atoms with Crippen LogP contribution in [-0.4, -0.2) is 19.8 Å². The number of sulfonamides is 1. The first kappa shape index (κ1) is 18.5. The Morgan fingerprint density at radius 2 is 1.54 bits per heavy atom. The summed E-state index contributed by atoms with van der Waals surface area (Å²) in [6, 6.07) is 23.0. The molecule has 0 spiro atoms. The van der Waals surface area contributed by atoms with E-state index in [0.717, 1.165) is 11.3 Å². The zero-order chi connectivity index (χ0) is 18.6. The normalized spacial score (nSPS) is 11.5. The summed E-state index contributed by atoms with van der Waals surface area (Å²) in [7, 11) is -2.04. The van der Waals surface area contributed by atoms with Gasteiger partial charge in [0.1, 0.15) is 11.5 Å². The largest absolute Gasteiger partial charge is 0.457 e. The van der Waals surface area contributed by atoms with E-state index in [1.54, 1.807) is 19.2 Å². The fourth-order valence-corrected chi connectivity index (χ4v) is 3.75. The quantitative estimate of drug-likeness (QED) is 0.601. The molecule has 0 aliphatic carbocycles. The molecule has 0 aromatic heterocycles. The van der Waals surface area contributed by atoms with E-state index < -0.39 is 10.0 Å². The number of ether oxygens (including phenoxy) is 1. The minimum absolute atomic E-state index is 0.209. The molecule has 0 saturated carbocycles. The van der Waals surface area contributed by atoms with Gasteiger partial charge in [0.2, 0.25) is 10.0 Å². The molecule has 26 heavy (non-hydrogen) atoms. The summed E-state index contributed by atoms with van der Waals surface area (Å²) in [5, 5.41) is 0.498. The van der Waals surface area contributed by atoms with Gasteiger partial charge in [-0.15, -0.1) is 0 Å². The average Bonchev–Trinajstić information content (AvgIpc) is 2.63. The molecule has 3 rings (SSSR count). The number of halogens is 1. The Hall–Kier alpha value is -2.34. The van der Waals surface area contributed by atoms with E-state index in [4.69, 9.17) is 16.3 Å². The number of para-hydroxylation sites is 1. The van der Waals surface area contributed by atoms with Gasteiger partial charge in [-0.25, -0.2) is 8.42 Å². The van der Waals surface area contributed by atoms with Gasteiger partial charge >= 0.3 is 0 Å². The first-order valence-corrected chi connectivity index (χ1v) is 9.81. The molecule has 0 unspecified atom stereocenters. The lowest BCUT2D eigenvalue weighted by molar-refractivity contribution is 0.461. The van der Waals surface area contributed by atoms with Gasteiger partial charge < -0.3 is 4.74 Å². The van der Waals surface area contributed by atoms with Crippen LogP contribution in [0.5, 0.6) is 11.5 Å². The van der Waals surface area contributed by atoms with E-state index in [0.29, 0.717) is 10.8 Å². The van der Waals surface area contributed by atoms with Crippen LogP contribution in [0.2, 0.25) is 5.02 Å². The molecular formula is C20H18ClNO3S. The second kappa shape index (κ2) is 7.91. The van der Waals surface area contributed by atoms with Gasteiger partial charge in [0.15, 0.2) is 0 Å².